The maximum atomic E-state index is 12.0. The van der Waals surface area contributed by atoms with Gasteiger partial charge in [-0.2, -0.15) is 10.2 Å². The van der Waals surface area contributed by atoms with Crippen molar-refractivity contribution < 1.29 is 14.3 Å². The van der Waals surface area contributed by atoms with E-state index in [0.717, 1.165) is 0 Å². The highest BCUT2D eigenvalue weighted by atomic mass is 16.7. The number of nitrogens with zero attached hydrogens (tertiary/aromatic N) is 5. The molecule has 0 spiro atoms. The van der Waals surface area contributed by atoms with Crippen LogP contribution in [0.3, 0.4) is 0 Å². The fourth-order valence-electron chi connectivity index (χ4n) is 2.47. The Kier molecular flexibility index (Phi) is 6.70. The monoisotopic (exact) mass is 436 g/mol. The van der Waals surface area contributed by atoms with Gasteiger partial charge in [-0.05, 0) is 24.3 Å². The molecular weight excluding hydrogens is 416 g/mol. The highest BCUT2D eigenvalue weighted by molar-refractivity contribution is 5.66. The van der Waals surface area contributed by atoms with Gasteiger partial charge in [0.2, 0.25) is 0 Å². The summed E-state index contributed by atoms with van der Waals surface area (Å²) in [6.07, 6.45) is -0.991. The van der Waals surface area contributed by atoms with Gasteiger partial charge in [0, 0.05) is 11.1 Å². The average Bonchev–Trinajstić information content (AvgIpc) is 2.78. The Balaban J connectivity index is 1.63. The SMILES string of the molecule is N=Nc1cc(COC(=O)OCc2cc(/N=N/c3ccccc3)c(N)nc2N)c(N)nc1N. The summed E-state index contributed by atoms with van der Waals surface area (Å²) >= 11 is 0. The van der Waals surface area contributed by atoms with E-state index in [2.05, 4.69) is 25.3 Å². The van der Waals surface area contributed by atoms with Crippen LogP contribution in [0, 0.1) is 5.53 Å². The summed E-state index contributed by atoms with van der Waals surface area (Å²) < 4.78 is 10.1. The predicted octanol–water partition coefficient (Wildman–Crippen LogP) is 3.74. The first kappa shape index (κ1) is 21.9. The summed E-state index contributed by atoms with van der Waals surface area (Å²) in [5, 5.41) is 11.4. The second-order valence-corrected chi connectivity index (χ2v) is 6.35. The highest BCUT2D eigenvalue weighted by Crippen LogP contribution is 2.28. The number of rotatable bonds is 7. The molecule has 13 heteroatoms. The first-order valence-electron chi connectivity index (χ1n) is 9.11. The van der Waals surface area contributed by atoms with Gasteiger partial charge >= 0.3 is 6.16 Å². The van der Waals surface area contributed by atoms with Crippen LogP contribution in [0.5, 0.6) is 0 Å². The summed E-state index contributed by atoms with van der Waals surface area (Å²) in [7, 11) is 0. The quantitative estimate of drug-likeness (QED) is 0.268. The number of anilines is 4. The third kappa shape index (κ3) is 5.41. The molecule has 1 aromatic carbocycles. The van der Waals surface area contributed by atoms with Crippen LogP contribution in [0.2, 0.25) is 0 Å². The first-order valence-corrected chi connectivity index (χ1v) is 9.11. The molecule has 0 unspecified atom stereocenters. The molecule has 164 valence electrons. The second-order valence-electron chi connectivity index (χ2n) is 6.35. The van der Waals surface area contributed by atoms with Crippen molar-refractivity contribution in [3.8, 4) is 0 Å². The lowest BCUT2D eigenvalue weighted by Crippen LogP contribution is -2.11. The van der Waals surface area contributed by atoms with Crippen LogP contribution in [-0.4, -0.2) is 16.1 Å². The number of hydrogen-bond donors (Lipinski definition) is 5. The number of aromatic nitrogens is 2. The molecule has 3 aromatic rings. The van der Waals surface area contributed by atoms with Crippen molar-refractivity contribution >= 4 is 46.5 Å². The molecule has 0 aliphatic heterocycles. The number of nitrogen functional groups attached to an aromatic ring is 4. The fraction of sp³-hybridized carbons (Fsp3) is 0.105. The molecule has 32 heavy (non-hydrogen) atoms. The zero-order valence-corrected chi connectivity index (χ0v) is 16.7. The molecule has 2 aromatic heterocycles. The third-order valence-corrected chi connectivity index (χ3v) is 4.13. The van der Waals surface area contributed by atoms with E-state index in [0.29, 0.717) is 16.8 Å². The normalized spacial score (nSPS) is 10.8. The number of ether oxygens (including phenoxy) is 2. The molecule has 0 aliphatic rings. The summed E-state index contributed by atoms with van der Waals surface area (Å²) in [5.74, 6) is 0.191. The molecule has 2 heterocycles. The van der Waals surface area contributed by atoms with E-state index in [-0.39, 0.29) is 47.9 Å². The van der Waals surface area contributed by atoms with E-state index in [9.17, 15) is 4.79 Å². The average molecular weight is 436 g/mol. The Morgan fingerprint density at radius 3 is 1.91 bits per heavy atom. The minimum Gasteiger partial charge on any atom is -0.429 e. The number of nitrogens with one attached hydrogen (secondary N) is 1. The number of nitrogens with two attached hydrogens (primary N) is 4. The maximum Gasteiger partial charge on any atom is 0.508 e. The van der Waals surface area contributed by atoms with E-state index in [1.807, 2.05) is 18.2 Å². The van der Waals surface area contributed by atoms with Gasteiger partial charge in [0.15, 0.2) is 11.6 Å². The molecule has 0 radical (unpaired) electrons. The molecule has 9 N–H and O–H groups in total. The Bertz CT molecular complexity index is 1170. The largest absolute Gasteiger partial charge is 0.508 e. The van der Waals surface area contributed by atoms with E-state index < -0.39 is 6.16 Å². The van der Waals surface area contributed by atoms with Gasteiger partial charge in [-0.3, -0.25) is 0 Å². The molecule has 0 bridgehead atoms. The minimum atomic E-state index is -0.991. The number of azo groups is 1. The van der Waals surface area contributed by atoms with Crippen molar-refractivity contribution in [2.75, 3.05) is 22.9 Å². The highest BCUT2D eigenvalue weighted by Gasteiger charge is 2.13. The van der Waals surface area contributed by atoms with Gasteiger partial charge in [0.05, 0.1) is 5.69 Å². The molecule has 0 atom stereocenters. The Morgan fingerprint density at radius 1 is 0.812 bits per heavy atom. The van der Waals surface area contributed by atoms with Gasteiger partial charge in [0.25, 0.3) is 0 Å². The van der Waals surface area contributed by atoms with Crippen molar-refractivity contribution in [3.63, 3.8) is 0 Å². The smallest absolute Gasteiger partial charge is 0.429 e. The summed E-state index contributed by atoms with van der Waals surface area (Å²) in [6.45, 7) is -0.499. The van der Waals surface area contributed by atoms with Gasteiger partial charge in [-0.1, -0.05) is 18.2 Å². The van der Waals surface area contributed by atoms with E-state index in [4.69, 9.17) is 37.9 Å². The van der Waals surface area contributed by atoms with Crippen molar-refractivity contribution in [1.82, 2.24) is 9.97 Å². The standard InChI is InChI=1S/C19H20N10O3/c20-15-10(6-13(27-24)17(22)25-15)8-31-19(30)32-9-11-7-14(18(23)26-16(11)21)29-28-12-4-2-1-3-5-12/h1-7,24H,8-9H2,(H4,20,22,25)(H4,21,23,26)/b27-24?,29-28+. The van der Waals surface area contributed by atoms with Crippen molar-refractivity contribution in [2.45, 2.75) is 13.2 Å². The molecule has 3 rings (SSSR count). The summed E-state index contributed by atoms with van der Waals surface area (Å²) in [4.78, 5) is 19.8. The van der Waals surface area contributed by atoms with Gasteiger partial charge < -0.3 is 32.4 Å². The van der Waals surface area contributed by atoms with Crippen LogP contribution in [0.25, 0.3) is 0 Å². The van der Waals surface area contributed by atoms with Crippen LogP contribution >= 0.6 is 0 Å². The maximum absolute atomic E-state index is 12.0. The molecule has 0 aliphatic carbocycles. The lowest BCUT2D eigenvalue weighted by atomic mass is 10.2. The third-order valence-electron chi connectivity index (χ3n) is 4.13. The molecular formula is C19H20N10O3. The molecule has 13 nitrogen and oxygen atoms in total. The fourth-order valence-corrected chi connectivity index (χ4v) is 2.47. The van der Waals surface area contributed by atoms with Crippen molar-refractivity contribution in [1.29, 1.82) is 5.53 Å². The van der Waals surface area contributed by atoms with Crippen LogP contribution in [-0.2, 0) is 22.7 Å². The van der Waals surface area contributed by atoms with Gasteiger partial charge in [-0.25, -0.2) is 20.3 Å². The molecule has 0 saturated carbocycles. The van der Waals surface area contributed by atoms with E-state index >= 15 is 0 Å². The number of carbonyl (C=O) groups is 1. The van der Waals surface area contributed by atoms with Gasteiger partial charge in [-0.15, -0.1) is 5.11 Å². The topological polar surface area (TPSA) is 226 Å². The number of benzene rings is 1. The zero-order chi connectivity index (χ0) is 23.1. The first-order chi connectivity index (χ1) is 15.4. The minimum absolute atomic E-state index is 0.00429. The van der Waals surface area contributed by atoms with Crippen molar-refractivity contribution in [3.05, 3.63) is 53.6 Å². The lowest BCUT2D eigenvalue weighted by Gasteiger charge is -2.10. The predicted molar refractivity (Wildman–Crippen MR) is 117 cm³/mol. The van der Waals surface area contributed by atoms with Crippen LogP contribution in [0.15, 0.2) is 57.8 Å². The van der Waals surface area contributed by atoms with E-state index in [1.54, 1.807) is 12.1 Å². The van der Waals surface area contributed by atoms with E-state index in [1.165, 1.54) is 12.1 Å². The van der Waals surface area contributed by atoms with Crippen LogP contribution < -0.4 is 22.9 Å². The van der Waals surface area contributed by atoms with Crippen molar-refractivity contribution in [2.24, 2.45) is 15.3 Å². The van der Waals surface area contributed by atoms with Gasteiger partial charge in [0.1, 0.15) is 36.2 Å². The molecule has 0 saturated heterocycles. The zero-order valence-electron chi connectivity index (χ0n) is 16.7. The molecule has 0 fully saturated rings. The molecule has 0 amide bonds. The Morgan fingerprint density at radius 2 is 1.34 bits per heavy atom. The Hall–Kier alpha value is -4.81. The second kappa shape index (κ2) is 9.80. The number of hydrogen-bond acceptors (Lipinski definition) is 13. The number of carbonyl (C=O) groups excluding carboxylic acids is 1. The van der Waals surface area contributed by atoms with Crippen LogP contribution in [0.4, 0.5) is 45.1 Å². The summed E-state index contributed by atoms with van der Waals surface area (Å²) in [5.41, 5.74) is 31.7. The number of pyridine rings is 2. The Labute approximate surface area is 182 Å². The lowest BCUT2D eigenvalue weighted by molar-refractivity contribution is 0.0448. The van der Waals surface area contributed by atoms with Crippen LogP contribution in [0.1, 0.15) is 11.1 Å². The summed E-state index contributed by atoms with van der Waals surface area (Å²) in [6, 6.07) is 11.9.